The lowest BCUT2D eigenvalue weighted by atomic mass is 9.93. The lowest BCUT2D eigenvalue weighted by Crippen LogP contribution is -2.27. The minimum atomic E-state index is -0.0605. The second-order valence-corrected chi connectivity index (χ2v) is 5.69. The summed E-state index contributed by atoms with van der Waals surface area (Å²) >= 11 is 0. The zero-order valence-electron chi connectivity index (χ0n) is 11.3. The second-order valence-electron chi connectivity index (χ2n) is 5.69. The molecular formula is C14H21N3O. The third-order valence-corrected chi connectivity index (χ3v) is 3.51. The van der Waals surface area contributed by atoms with E-state index in [0.29, 0.717) is 16.7 Å². The Morgan fingerprint density at radius 2 is 2.17 bits per heavy atom. The van der Waals surface area contributed by atoms with Gasteiger partial charge >= 0.3 is 0 Å². The van der Waals surface area contributed by atoms with Crippen LogP contribution in [0.2, 0.25) is 0 Å². The van der Waals surface area contributed by atoms with Crippen LogP contribution in [0.15, 0.2) is 18.2 Å². The van der Waals surface area contributed by atoms with Crippen molar-refractivity contribution in [3.8, 4) is 0 Å². The van der Waals surface area contributed by atoms with Crippen LogP contribution in [-0.2, 0) is 0 Å². The molecule has 0 aromatic heterocycles. The van der Waals surface area contributed by atoms with Gasteiger partial charge in [0.05, 0.1) is 11.3 Å². The van der Waals surface area contributed by atoms with Crippen LogP contribution in [0.4, 0.5) is 11.4 Å². The summed E-state index contributed by atoms with van der Waals surface area (Å²) in [5.74, 6) is -0.0605. The summed E-state index contributed by atoms with van der Waals surface area (Å²) in [7, 11) is 1.65. The van der Waals surface area contributed by atoms with E-state index >= 15 is 0 Å². The topological polar surface area (TPSA) is 58.4 Å². The Morgan fingerprint density at radius 3 is 2.72 bits per heavy atom. The van der Waals surface area contributed by atoms with E-state index in [2.05, 4.69) is 24.1 Å². The first-order valence-corrected chi connectivity index (χ1v) is 6.29. The van der Waals surface area contributed by atoms with Crippen LogP contribution in [0.1, 0.15) is 30.6 Å². The monoisotopic (exact) mass is 247 g/mol. The lowest BCUT2D eigenvalue weighted by molar-refractivity contribution is 0.0963. The number of hydrogen-bond donors (Lipinski definition) is 2. The molecule has 3 N–H and O–H groups in total. The fourth-order valence-corrected chi connectivity index (χ4v) is 2.46. The van der Waals surface area contributed by atoms with E-state index in [-0.39, 0.29) is 5.91 Å². The lowest BCUT2D eigenvalue weighted by Gasteiger charge is -2.24. The molecule has 98 valence electrons. The average Bonchev–Trinajstić information content (AvgIpc) is 2.68. The van der Waals surface area contributed by atoms with Crippen molar-refractivity contribution in [2.75, 3.05) is 30.8 Å². The van der Waals surface area contributed by atoms with Crippen LogP contribution >= 0.6 is 0 Å². The molecule has 4 nitrogen and oxygen atoms in total. The van der Waals surface area contributed by atoms with Crippen LogP contribution in [0.5, 0.6) is 0 Å². The number of carbonyl (C=O) groups excluding carboxylic acids is 1. The molecule has 1 aliphatic rings. The predicted octanol–water partition coefficient (Wildman–Crippen LogP) is 1.86. The van der Waals surface area contributed by atoms with Crippen molar-refractivity contribution in [2.45, 2.75) is 20.3 Å². The van der Waals surface area contributed by atoms with Gasteiger partial charge in [-0.1, -0.05) is 13.8 Å². The van der Waals surface area contributed by atoms with Gasteiger partial charge in [0.2, 0.25) is 0 Å². The van der Waals surface area contributed by atoms with Crippen LogP contribution in [0.3, 0.4) is 0 Å². The number of amides is 1. The molecular weight excluding hydrogens is 226 g/mol. The van der Waals surface area contributed by atoms with E-state index in [1.54, 1.807) is 19.2 Å². The molecule has 1 aromatic rings. The molecule has 2 rings (SSSR count). The molecule has 0 bridgehead atoms. The highest BCUT2D eigenvalue weighted by atomic mass is 16.1. The van der Waals surface area contributed by atoms with Crippen molar-refractivity contribution >= 4 is 17.3 Å². The highest BCUT2D eigenvalue weighted by Gasteiger charge is 2.31. The maximum absolute atomic E-state index is 11.9. The molecule has 0 atom stereocenters. The van der Waals surface area contributed by atoms with Crippen LogP contribution in [0.25, 0.3) is 0 Å². The molecule has 0 aliphatic carbocycles. The second kappa shape index (κ2) is 4.52. The van der Waals surface area contributed by atoms with Crippen LogP contribution in [0, 0.1) is 5.41 Å². The smallest absolute Gasteiger partial charge is 0.253 e. The Kier molecular flexibility index (Phi) is 3.20. The largest absolute Gasteiger partial charge is 0.399 e. The zero-order valence-corrected chi connectivity index (χ0v) is 11.3. The number of anilines is 2. The fraction of sp³-hybridized carbons (Fsp3) is 0.500. The molecule has 1 amide bonds. The van der Waals surface area contributed by atoms with Crippen LogP contribution < -0.4 is 16.0 Å². The SMILES string of the molecule is CNC(=O)c1ccc(N)cc1N1CCC(C)(C)C1. The Labute approximate surface area is 108 Å². The molecule has 18 heavy (non-hydrogen) atoms. The Balaban J connectivity index is 2.37. The summed E-state index contributed by atoms with van der Waals surface area (Å²) in [6.45, 7) is 6.43. The van der Waals surface area contributed by atoms with Crippen molar-refractivity contribution < 1.29 is 4.79 Å². The van der Waals surface area contributed by atoms with Gasteiger partial charge in [0.25, 0.3) is 5.91 Å². The summed E-state index contributed by atoms with van der Waals surface area (Å²) in [5.41, 5.74) is 8.48. The van der Waals surface area contributed by atoms with Gasteiger partial charge in [-0.05, 0) is 30.0 Å². The number of rotatable bonds is 2. The summed E-state index contributed by atoms with van der Waals surface area (Å²) < 4.78 is 0. The summed E-state index contributed by atoms with van der Waals surface area (Å²) in [6.07, 6.45) is 1.13. The number of nitrogens with two attached hydrogens (primary N) is 1. The predicted molar refractivity (Wildman–Crippen MR) is 74.9 cm³/mol. The molecule has 1 heterocycles. The third-order valence-electron chi connectivity index (χ3n) is 3.51. The minimum absolute atomic E-state index is 0.0605. The molecule has 0 radical (unpaired) electrons. The first kappa shape index (κ1) is 12.7. The van der Waals surface area contributed by atoms with E-state index < -0.39 is 0 Å². The van der Waals surface area contributed by atoms with Gasteiger partial charge in [-0.15, -0.1) is 0 Å². The summed E-state index contributed by atoms with van der Waals surface area (Å²) in [4.78, 5) is 14.1. The van der Waals surface area contributed by atoms with Crippen molar-refractivity contribution in [2.24, 2.45) is 5.41 Å². The van der Waals surface area contributed by atoms with Gasteiger partial charge in [-0.25, -0.2) is 0 Å². The number of nitrogen functional groups attached to an aromatic ring is 1. The van der Waals surface area contributed by atoms with Gasteiger partial charge in [0.15, 0.2) is 0 Å². The average molecular weight is 247 g/mol. The summed E-state index contributed by atoms with van der Waals surface area (Å²) in [5, 5.41) is 2.68. The van der Waals surface area contributed by atoms with Gasteiger partial charge in [0.1, 0.15) is 0 Å². The van der Waals surface area contributed by atoms with Crippen molar-refractivity contribution in [1.29, 1.82) is 0 Å². The standard InChI is InChI=1S/C14H21N3O/c1-14(2)6-7-17(9-14)12-8-10(15)4-5-11(12)13(18)16-3/h4-5,8H,6-7,9,15H2,1-3H3,(H,16,18). The van der Waals surface area contributed by atoms with Crippen molar-refractivity contribution in [3.05, 3.63) is 23.8 Å². The number of nitrogens with zero attached hydrogens (tertiary/aromatic N) is 1. The molecule has 0 saturated carbocycles. The minimum Gasteiger partial charge on any atom is -0.399 e. The van der Waals surface area contributed by atoms with Crippen LogP contribution in [-0.4, -0.2) is 26.0 Å². The maximum atomic E-state index is 11.9. The van der Waals surface area contributed by atoms with Gasteiger partial charge < -0.3 is 16.0 Å². The highest BCUT2D eigenvalue weighted by Crippen LogP contribution is 2.34. The quantitative estimate of drug-likeness (QED) is 0.784. The number of nitrogens with one attached hydrogen (secondary N) is 1. The molecule has 4 heteroatoms. The van der Waals surface area contributed by atoms with Crippen molar-refractivity contribution in [3.63, 3.8) is 0 Å². The Bertz CT molecular complexity index is 468. The van der Waals surface area contributed by atoms with Gasteiger partial charge in [-0.3, -0.25) is 4.79 Å². The van der Waals surface area contributed by atoms with E-state index in [0.717, 1.165) is 25.2 Å². The summed E-state index contributed by atoms with van der Waals surface area (Å²) in [6, 6.07) is 5.47. The molecule has 1 saturated heterocycles. The number of hydrogen-bond acceptors (Lipinski definition) is 3. The highest BCUT2D eigenvalue weighted by molar-refractivity contribution is 6.00. The van der Waals surface area contributed by atoms with Gasteiger partial charge in [-0.2, -0.15) is 0 Å². The van der Waals surface area contributed by atoms with E-state index in [1.807, 2.05) is 6.07 Å². The zero-order chi connectivity index (χ0) is 13.3. The normalized spacial score (nSPS) is 17.8. The Morgan fingerprint density at radius 1 is 1.44 bits per heavy atom. The van der Waals surface area contributed by atoms with E-state index in [1.165, 1.54) is 0 Å². The molecule has 1 aromatic carbocycles. The third kappa shape index (κ3) is 2.42. The number of benzene rings is 1. The number of carbonyl (C=O) groups is 1. The first-order valence-electron chi connectivity index (χ1n) is 6.29. The fourth-order valence-electron chi connectivity index (χ4n) is 2.46. The Hall–Kier alpha value is -1.71. The molecule has 0 spiro atoms. The molecule has 1 aliphatic heterocycles. The first-order chi connectivity index (χ1) is 8.43. The molecule has 0 unspecified atom stereocenters. The van der Waals surface area contributed by atoms with Crippen molar-refractivity contribution in [1.82, 2.24) is 5.32 Å². The van der Waals surface area contributed by atoms with E-state index in [4.69, 9.17) is 5.73 Å². The molecule has 1 fully saturated rings. The maximum Gasteiger partial charge on any atom is 0.253 e. The van der Waals surface area contributed by atoms with E-state index in [9.17, 15) is 4.79 Å². The van der Waals surface area contributed by atoms with Gasteiger partial charge in [0, 0.05) is 25.8 Å².